The molecule has 3 aromatic rings. The van der Waals surface area contributed by atoms with Crippen molar-refractivity contribution in [2.45, 2.75) is 13.3 Å². The number of benzene rings is 2. The molecule has 1 aliphatic rings. The molecule has 2 aromatic carbocycles. The summed E-state index contributed by atoms with van der Waals surface area (Å²) in [5.41, 5.74) is 3.00. The Morgan fingerprint density at radius 1 is 1.18 bits per heavy atom. The largest absolute Gasteiger partial charge is 0.452 e. The summed E-state index contributed by atoms with van der Waals surface area (Å²) in [4.78, 5) is 26.9. The number of aromatic nitrogens is 1. The first-order valence-corrected chi connectivity index (χ1v) is 9.20. The lowest BCUT2D eigenvalue weighted by Gasteiger charge is -2.17. The van der Waals surface area contributed by atoms with E-state index in [0.717, 1.165) is 17.7 Å². The SMILES string of the molecule is Cc1onc(-c2ccccc2Cl)c1C(=O)OCC(=O)N1CCc2ccccc21. The number of hydrogen-bond donors (Lipinski definition) is 0. The van der Waals surface area contributed by atoms with Gasteiger partial charge in [-0.25, -0.2) is 4.79 Å². The van der Waals surface area contributed by atoms with Gasteiger partial charge >= 0.3 is 5.97 Å². The molecular weight excluding hydrogens is 380 g/mol. The molecule has 0 saturated carbocycles. The van der Waals surface area contributed by atoms with Crippen molar-refractivity contribution in [3.63, 3.8) is 0 Å². The molecule has 0 fully saturated rings. The fraction of sp³-hybridized carbons (Fsp3) is 0.190. The van der Waals surface area contributed by atoms with Crippen molar-refractivity contribution in [1.82, 2.24) is 5.16 Å². The first-order chi connectivity index (χ1) is 13.6. The van der Waals surface area contributed by atoms with E-state index < -0.39 is 5.97 Å². The smallest absolute Gasteiger partial charge is 0.344 e. The van der Waals surface area contributed by atoms with E-state index in [0.29, 0.717) is 28.6 Å². The van der Waals surface area contributed by atoms with Gasteiger partial charge < -0.3 is 14.2 Å². The number of amides is 1. The van der Waals surface area contributed by atoms with Gasteiger partial charge in [-0.05, 0) is 31.0 Å². The molecule has 1 aromatic heterocycles. The maximum absolute atomic E-state index is 12.7. The first kappa shape index (κ1) is 18.3. The lowest BCUT2D eigenvalue weighted by Crippen LogP contribution is -2.33. The Morgan fingerprint density at radius 2 is 1.93 bits per heavy atom. The van der Waals surface area contributed by atoms with Gasteiger partial charge in [0.1, 0.15) is 17.0 Å². The maximum atomic E-state index is 12.7. The summed E-state index contributed by atoms with van der Waals surface area (Å²) in [5, 5.41) is 4.39. The van der Waals surface area contributed by atoms with Crippen LogP contribution >= 0.6 is 11.6 Å². The molecule has 7 heteroatoms. The Hall–Kier alpha value is -3.12. The van der Waals surface area contributed by atoms with E-state index in [1.165, 1.54) is 0 Å². The molecule has 1 amide bonds. The number of anilines is 1. The number of hydrogen-bond acceptors (Lipinski definition) is 5. The third-order valence-corrected chi connectivity index (χ3v) is 5.04. The minimum atomic E-state index is -0.672. The Kier molecular flexibility index (Phi) is 4.88. The van der Waals surface area contributed by atoms with Gasteiger partial charge in [-0.1, -0.05) is 53.2 Å². The molecule has 1 aliphatic heterocycles. The van der Waals surface area contributed by atoms with Crippen molar-refractivity contribution in [2.24, 2.45) is 0 Å². The number of rotatable bonds is 4. The van der Waals surface area contributed by atoms with Gasteiger partial charge in [0.25, 0.3) is 5.91 Å². The van der Waals surface area contributed by atoms with Crippen LogP contribution < -0.4 is 4.90 Å². The van der Waals surface area contributed by atoms with Crippen molar-refractivity contribution in [2.75, 3.05) is 18.1 Å². The van der Waals surface area contributed by atoms with Crippen molar-refractivity contribution < 1.29 is 18.8 Å². The number of esters is 1. The fourth-order valence-electron chi connectivity index (χ4n) is 3.32. The lowest BCUT2D eigenvalue weighted by molar-refractivity contribution is -0.121. The average molecular weight is 397 g/mol. The number of para-hydroxylation sites is 1. The quantitative estimate of drug-likeness (QED) is 0.622. The summed E-state index contributed by atoms with van der Waals surface area (Å²) in [5.74, 6) is -0.639. The Morgan fingerprint density at radius 3 is 2.75 bits per heavy atom. The highest BCUT2D eigenvalue weighted by Gasteiger charge is 2.28. The Bertz CT molecular complexity index is 1060. The monoisotopic (exact) mass is 396 g/mol. The highest BCUT2D eigenvalue weighted by atomic mass is 35.5. The normalized spacial score (nSPS) is 12.7. The van der Waals surface area contributed by atoms with Gasteiger partial charge in [-0.3, -0.25) is 4.79 Å². The molecule has 0 atom stereocenters. The number of halogens is 1. The van der Waals surface area contributed by atoms with E-state index in [4.69, 9.17) is 20.9 Å². The van der Waals surface area contributed by atoms with Crippen LogP contribution in [-0.2, 0) is 16.0 Å². The highest BCUT2D eigenvalue weighted by Crippen LogP contribution is 2.31. The predicted octanol–water partition coefficient (Wildman–Crippen LogP) is 4.05. The van der Waals surface area contributed by atoms with Crippen molar-refractivity contribution >= 4 is 29.2 Å². The minimum absolute atomic E-state index is 0.169. The molecule has 28 heavy (non-hydrogen) atoms. The first-order valence-electron chi connectivity index (χ1n) is 8.83. The van der Waals surface area contributed by atoms with Crippen molar-refractivity contribution in [3.05, 3.63) is 70.4 Å². The third-order valence-electron chi connectivity index (χ3n) is 4.71. The zero-order valence-electron chi connectivity index (χ0n) is 15.1. The van der Waals surface area contributed by atoms with Crippen LogP contribution in [0.15, 0.2) is 53.1 Å². The van der Waals surface area contributed by atoms with Crippen LogP contribution in [0.2, 0.25) is 5.02 Å². The number of aryl methyl sites for hydroxylation is 1. The van der Waals surface area contributed by atoms with Crippen LogP contribution in [0.25, 0.3) is 11.3 Å². The van der Waals surface area contributed by atoms with Gasteiger partial charge in [0.2, 0.25) is 0 Å². The standard InChI is InChI=1S/C21H17ClN2O4/c1-13-19(20(23-28-13)15-7-3-4-8-16(15)22)21(26)27-12-18(25)24-11-10-14-6-2-5-9-17(14)24/h2-9H,10-12H2,1H3. The topological polar surface area (TPSA) is 72.6 Å². The van der Waals surface area contributed by atoms with Crippen molar-refractivity contribution in [3.8, 4) is 11.3 Å². The zero-order chi connectivity index (χ0) is 19.7. The number of carbonyl (C=O) groups excluding carboxylic acids is 2. The maximum Gasteiger partial charge on any atom is 0.344 e. The summed E-state index contributed by atoms with van der Waals surface area (Å²) in [6, 6.07) is 14.7. The molecule has 142 valence electrons. The third kappa shape index (κ3) is 3.27. The minimum Gasteiger partial charge on any atom is -0.452 e. The molecule has 2 heterocycles. The van der Waals surface area contributed by atoms with E-state index in [9.17, 15) is 9.59 Å². The van der Waals surface area contributed by atoms with E-state index >= 15 is 0 Å². The molecule has 0 aliphatic carbocycles. The van der Waals surface area contributed by atoms with E-state index in [-0.39, 0.29) is 18.1 Å². The van der Waals surface area contributed by atoms with Gasteiger partial charge in [-0.15, -0.1) is 0 Å². The van der Waals surface area contributed by atoms with E-state index in [2.05, 4.69) is 5.16 Å². The number of fused-ring (bicyclic) bond motifs is 1. The molecule has 0 bridgehead atoms. The summed E-state index contributed by atoms with van der Waals surface area (Å²) < 4.78 is 10.5. The van der Waals surface area contributed by atoms with E-state index in [1.807, 2.05) is 24.3 Å². The summed E-state index contributed by atoms with van der Waals surface area (Å²) >= 11 is 6.21. The Balaban J connectivity index is 1.51. The van der Waals surface area contributed by atoms with Crippen LogP contribution in [0.5, 0.6) is 0 Å². The second-order valence-corrected chi connectivity index (χ2v) is 6.85. The molecule has 0 spiro atoms. The second kappa shape index (κ2) is 7.48. The van der Waals surface area contributed by atoms with Gasteiger partial charge in [-0.2, -0.15) is 0 Å². The van der Waals surface area contributed by atoms with Crippen LogP contribution in [0.1, 0.15) is 21.7 Å². The summed E-state index contributed by atoms with van der Waals surface area (Å²) in [6.45, 7) is 1.83. The van der Waals surface area contributed by atoms with Crippen LogP contribution in [0.3, 0.4) is 0 Å². The number of ether oxygens (including phenoxy) is 1. The predicted molar refractivity (Wildman–Crippen MR) is 104 cm³/mol. The lowest BCUT2D eigenvalue weighted by atomic mass is 10.1. The van der Waals surface area contributed by atoms with Gasteiger partial charge in [0, 0.05) is 17.8 Å². The molecule has 0 radical (unpaired) electrons. The molecule has 0 unspecified atom stereocenters. The van der Waals surface area contributed by atoms with Crippen LogP contribution in [0.4, 0.5) is 5.69 Å². The molecular formula is C21H17ClN2O4. The molecule has 0 N–H and O–H groups in total. The molecule has 6 nitrogen and oxygen atoms in total. The Labute approximate surface area is 166 Å². The van der Waals surface area contributed by atoms with Gasteiger partial charge in [0.15, 0.2) is 6.61 Å². The van der Waals surface area contributed by atoms with E-state index in [1.54, 1.807) is 36.1 Å². The fourth-order valence-corrected chi connectivity index (χ4v) is 3.55. The van der Waals surface area contributed by atoms with Gasteiger partial charge in [0.05, 0.1) is 5.02 Å². The second-order valence-electron chi connectivity index (χ2n) is 6.44. The highest BCUT2D eigenvalue weighted by molar-refractivity contribution is 6.33. The average Bonchev–Trinajstić information content (AvgIpc) is 3.30. The van der Waals surface area contributed by atoms with Crippen molar-refractivity contribution in [1.29, 1.82) is 0 Å². The number of nitrogens with zero attached hydrogens (tertiary/aromatic N) is 2. The molecule has 4 rings (SSSR count). The molecule has 0 saturated heterocycles. The van der Waals surface area contributed by atoms with Crippen LogP contribution in [-0.4, -0.2) is 30.2 Å². The van der Waals surface area contributed by atoms with Crippen LogP contribution in [0, 0.1) is 6.92 Å². The zero-order valence-corrected chi connectivity index (χ0v) is 15.9. The summed E-state index contributed by atoms with van der Waals surface area (Å²) in [7, 11) is 0. The number of carbonyl (C=O) groups is 2. The summed E-state index contributed by atoms with van der Waals surface area (Å²) in [6.07, 6.45) is 0.789.